The SMILES string of the molecule is [B]C1(I)CCCCO1. The number of ether oxygens (including phenoxy) is 1. The Hall–Kier alpha value is 0.755. The van der Waals surface area contributed by atoms with Crippen LogP contribution in [0, 0.1) is 0 Å². The van der Waals surface area contributed by atoms with E-state index in [4.69, 9.17) is 12.6 Å². The van der Waals surface area contributed by atoms with Crippen LogP contribution >= 0.6 is 22.6 Å². The van der Waals surface area contributed by atoms with E-state index in [2.05, 4.69) is 22.6 Å². The van der Waals surface area contributed by atoms with E-state index in [0.717, 1.165) is 13.0 Å². The van der Waals surface area contributed by atoms with Gasteiger partial charge in [0.15, 0.2) is 0 Å². The van der Waals surface area contributed by atoms with Gasteiger partial charge in [0.25, 0.3) is 0 Å². The molecule has 0 saturated carbocycles. The molecule has 1 unspecified atom stereocenters. The second kappa shape index (κ2) is 2.56. The summed E-state index contributed by atoms with van der Waals surface area (Å²) in [5, 5.41) is 0. The van der Waals surface area contributed by atoms with Crippen molar-refractivity contribution in [1.29, 1.82) is 0 Å². The van der Waals surface area contributed by atoms with E-state index >= 15 is 0 Å². The van der Waals surface area contributed by atoms with Crippen molar-refractivity contribution in [1.82, 2.24) is 0 Å². The van der Waals surface area contributed by atoms with Crippen LogP contribution in [-0.4, -0.2) is 18.0 Å². The van der Waals surface area contributed by atoms with Crippen LogP contribution in [0.15, 0.2) is 0 Å². The Balaban J connectivity index is 2.33. The molecule has 1 atom stereocenters. The molecule has 1 nitrogen and oxygen atoms in total. The summed E-state index contributed by atoms with van der Waals surface area (Å²) >= 11 is 2.15. The van der Waals surface area contributed by atoms with E-state index in [0.29, 0.717) is 0 Å². The van der Waals surface area contributed by atoms with Gasteiger partial charge in [0.1, 0.15) is 7.85 Å². The van der Waals surface area contributed by atoms with Gasteiger partial charge in [-0.25, -0.2) is 0 Å². The number of hydrogen-bond acceptors (Lipinski definition) is 1. The van der Waals surface area contributed by atoms with Gasteiger partial charge in [-0.05, 0) is 19.3 Å². The van der Waals surface area contributed by atoms with Gasteiger partial charge in [-0.15, -0.1) is 0 Å². The van der Waals surface area contributed by atoms with Crippen molar-refractivity contribution in [3.05, 3.63) is 0 Å². The highest BCUT2D eigenvalue weighted by molar-refractivity contribution is 14.1. The monoisotopic (exact) mass is 222 g/mol. The number of rotatable bonds is 0. The van der Waals surface area contributed by atoms with Crippen LogP contribution in [-0.2, 0) is 4.74 Å². The van der Waals surface area contributed by atoms with E-state index in [1.165, 1.54) is 12.8 Å². The molecule has 0 aromatic rings. The Kier molecular flexibility index (Phi) is 2.20. The predicted molar refractivity (Wildman–Crippen MR) is 42.3 cm³/mol. The average molecular weight is 222 g/mol. The summed E-state index contributed by atoms with van der Waals surface area (Å²) in [6.07, 6.45) is 3.37. The van der Waals surface area contributed by atoms with E-state index in [9.17, 15) is 0 Å². The van der Waals surface area contributed by atoms with Crippen LogP contribution in [0.2, 0.25) is 0 Å². The maximum absolute atomic E-state index is 5.64. The Morgan fingerprint density at radius 3 is 2.50 bits per heavy atom. The molecule has 0 aliphatic carbocycles. The zero-order chi connectivity index (χ0) is 6.04. The lowest BCUT2D eigenvalue weighted by atomic mass is 9.92. The molecule has 0 amide bonds. The molecule has 1 saturated heterocycles. The molecule has 1 fully saturated rings. The summed E-state index contributed by atoms with van der Waals surface area (Å²) in [6.45, 7) is 0.833. The van der Waals surface area contributed by atoms with Crippen molar-refractivity contribution in [3.63, 3.8) is 0 Å². The zero-order valence-corrected chi connectivity index (χ0v) is 6.85. The minimum absolute atomic E-state index is 0.351. The number of alkyl halides is 1. The van der Waals surface area contributed by atoms with Crippen LogP contribution in [0.25, 0.3) is 0 Å². The summed E-state index contributed by atoms with van der Waals surface area (Å²) in [4.78, 5) is 0. The average Bonchev–Trinajstić information content (AvgIpc) is 1.65. The van der Waals surface area contributed by atoms with Gasteiger partial charge in [0, 0.05) is 6.61 Å². The Labute approximate surface area is 64.7 Å². The van der Waals surface area contributed by atoms with Crippen molar-refractivity contribution in [2.45, 2.75) is 22.8 Å². The molecule has 1 aliphatic heterocycles. The smallest absolute Gasteiger partial charge is 0.128 e. The van der Waals surface area contributed by atoms with Crippen LogP contribution in [0.4, 0.5) is 0 Å². The molecule has 0 spiro atoms. The fourth-order valence-corrected chi connectivity index (χ4v) is 1.38. The normalized spacial score (nSPS) is 39.6. The van der Waals surface area contributed by atoms with E-state index in [-0.39, 0.29) is 3.51 Å². The molecular formula is C5H8BIO. The summed E-state index contributed by atoms with van der Waals surface area (Å²) in [6, 6.07) is 0. The summed E-state index contributed by atoms with van der Waals surface area (Å²) in [5.74, 6) is 0. The second-order valence-corrected chi connectivity index (χ2v) is 3.92. The largest absolute Gasteiger partial charge is 0.375 e. The van der Waals surface area contributed by atoms with Gasteiger partial charge in [-0.2, -0.15) is 0 Å². The standard InChI is InChI=1S/C5H8BIO/c6-5(7)3-1-2-4-8-5/h1-4H2. The first kappa shape index (κ1) is 6.87. The fourth-order valence-electron chi connectivity index (χ4n) is 0.782. The highest BCUT2D eigenvalue weighted by atomic mass is 127. The first-order valence-electron chi connectivity index (χ1n) is 2.82. The predicted octanol–water partition coefficient (Wildman–Crippen LogP) is 1.44. The Morgan fingerprint density at radius 2 is 2.25 bits per heavy atom. The fraction of sp³-hybridized carbons (Fsp3) is 1.00. The molecule has 1 heterocycles. The highest BCUT2D eigenvalue weighted by Crippen LogP contribution is 2.27. The highest BCUT2D eigenvalue weighted by Gasteiger charge is 2.22. The van der Waals surface area contributed by atoms with Gasteiger partial charge in [0.05, 0.1) is 3.51 Å². The quantitative estimate of drug-likeness (QED) is 0.342. The number of halogens is 1. The molecular weight excluding hydrogens is 214 g/mol. The molecule has 0 bridgehead atoms. The molecule has 1 rings (SSSR count). The summed E-state index contributed by atoms with van der Waals surface area (Å²) in [5.41, 5.74) is 0. The first-order chi connectivity index (χ1) is 3.71. The van der Waals surface area contributed by atoms with E-state index < -0.39 is 0 Å². The van der Waals surface area contributed by atoms with Crippen LogP contribution in [0.1, 0.15) is 19.3 Å². The van der Waals surface area contributed by atoms with Crippen LogP contribution in [0.3, 0.4) is 0 Å². The minimum atomic E-state index is -0.351. The molecule has 0 aromatic carbocycles. The third-order valence-electron chi connectivity index (χ3n) is 1.25. The molecule has 2 radical (unpaired) electrons. The molecule has 0 N–H and O–H groups in total. The molecule has 1 aliphatic rings. The van der Waals surface area contributed by atoms with Gasteiger partial charge >= 0.3 is 0 Å². The van der Waals surface area contributed by atoms with E-state index in [1.54, 1.807) is 0 Å². The third kappa shape index (κ3) is 1.93. The van der Waals surface area contributed by atoms with Gasteiger partial charge in [0.2, 0.25) is 0 Å². The topological polar surface area (TPSA) is 9.23 Å². The van der Waals surface area contributed by atoms with Crippen LogP contribution < -0.4 is 0 Å². The second-order valence-electron chi connectivity index (χ2n) is 2.09. The summed E-state index contributed by atoms with van der Waals surface area (Å²) < 4.78 is 4.88. The molecule has 0 aromatic heterocycles. The van der Waals surface area contributed by atoms with Crippen molar-refractivity contribution >= 4 is 30.4 Å². The Bertz CT molecular complexity index is 76.5. The first-order valence-corrected chi connectivity index (χ1v) is 3.90. The lowest BCUT2D eigenvalue weighted by Gasteiger charge is -2.28. The lowest BCUT2D eigenvalue weighted by Crippen LogP contribution is -2.29. The lowest BCUT2D eigenvalue weighted by molar-refractivity contribution is 0.0559. The van der Waals surface area contributed by atoms with Crippen molar-refractivity contribution < 1.29 is 4.74 Å². The maximum Gasteiger partial charge on any atom is 0.128 e. The van der Waals surface area contributed by atoms with Crippen LogP contribution in [0.5, 0.6) is 0 Å². The Morgan fingerprint density at radius 1 is 1.50 bits per heavy atom. The molecule has 3 heteroatoms. The van der Waals surface area contributed by atoms with Gasteiger partial charge in [-0.3, -0.25) is 0 Å². The van der Waals surface area contributed by atoms with Crippen molar-refractivity contribution in [3.8, 4) is 0 Å². The molecule has 8 heavy (non-hydrogen) atoms. The number of hydrogen-bond donors (Lipinski definition) is 0. The van der Waals surface area contributed by atoms with Gasteiger partial charge < -0.3 is 4.74 Å². The minimum Gasteiger partial charge on any atom is -0.375 e. The van der Waals surface area contributed by atoms with Crippen molar-refractivity contribution in [2.75, 3.05) is 6.61 Å². The molecule has 44 valence electrons. The van der Waals surface area contributed by atoms with Gasteiger partial charge in [-0.1, -0.05) is 22.6 Å². The zero-order valence-electron chi connectivity index (χ0n) is 4.69. The maximum atomic E-state index is 5.64. The van der Waals surface area contributed by atoms with Crippen molar-refractivity contribution in [2.24, 2.45) is 0 Å². The summed E-state index contributed by atoms with van der Waals surface area (Å²) in [7, 11) is 5.64. The van der Waals surface area contributed by atoms with E-state index in [1.807, 2.05) is 0 Å². The third-order valence-corrected chi connectivity index (χ3v) is 2.10.